The van der Waals surface area contributed by atoms with Gasteiger partial charge in [-0.25, -0.2) is 0 Å². The Bertz CT molecular complexity index is 795. The van der Waals surface area contributed by atoms with Crippen molar-refractivity contribution in [2.45, 2.75) is 32.9 Å². The number of halogens is 1. The fourth-order valence-electron chi connectivity index (χ4n) is 2.33. The number of carbonyl (C=O) groups excluding carboxylic acids is 1. The van der Waals surface area contributed by atoms with Gasteiger partial charge in [-0.3, -0.25) is 9.79 Å². The third-order valence-corrected chi connectivity index (χ3v) is 3.69. The molecule has 1 aromatic carbocycles. The topological polar surface area (TPSA) is 95.7 Å². The average molecular weight is 393 g/mol. The summed E-state index contributed by atoms with van der Waals surface area (Å²) in [7, 11) is 3.43. The first-order valence-electron chi connectivity index (χ1n) is 8.49. The highest BCUT2D eigenvalue weighted by atomic mass is 35.5. The van der Waals surface area contributed by atoms with E-state index in [2.05, 4.69) is 25.8 Å². The summed E-state index contributed by atoms with van der Waals surface area (Å²) >= 11 is 5.89. The van der Waals surface area contributed by atoms with Gasteiger partial charge in [-0.2, -0.15) is 4.98 Å². The molecule has 0 radical (unpaired) electrons. The highest BCUT2D eigenvalue weighted by Gasteiger charge is 2.17. The Hall–Kier alpha value is -2.61. The minimum Gasteiger partial charge on any atom is -0.350 e. The van der Waals surface area contributed by atoms with Crippen LogP contribution in [0.1, 0.15) is 26.7 Å². The largest absolute Gasteiger partial charge is 0.350 e. The van der Waals surface area contributed by atoms with E-state index < -0.39 is 0 Å². The van der Waals surface area contributed by atoms with Crippen LogP contribution in [0.15, 0.2) is 33.8 Å². The molecule has 1 amide bonds. The van der Waals surface area contributed by atoms with Crippen molar-refractivity contribution < 1.29 is 9.32 Å². The molecule has 8 nitrogen and oxygen atoms in total. The summed E-state index contributed by atoms with van der Waals surface area (Å²) < 4.78 is 5.26. The van der Waals surface area contributed by atoms with Gasteiger partial charge in [-0.1, -0.05) is 16.8 Å². The van der Waals surface area contributed by atoms with Crippen molar-refractivity contribution in [3.05, 3.63) is 35.2 Å². The van der Waals surface area contributed by atoms with E-state index in [1.54, 1.807) is 31.1 Å². The lowest BCUT2D eigenvalue weighted by atomic mass is 10.1. The molecular weight excluding hydrogens is 368 g/mol. The van der Waals surface area contributed by atoms with Crippen LogP contribution in [-0.4, -0.2) is 53.1 Å². The van der Waals surface area contributed by atoms with Crippen molar-refractivity contribution in [1.29, 1.82) is 0 Å². The lowest BCUT2D eigenvalue weighted by Gasteiger charge is -2.25. The van der Waals surface area contributed by atoms with Crippen molar-refractivity contribution >= 4 is 23.5 Å². The van der Waals surface area contributed by atoms with Gasteiger partial charge < -0.3 is 20.1 Å². The van der Waals surface area contributed by atoms with Crippen molar-refractivity contribution in [3.63, 3.8) is 0 Å². The number of nitrogens with one attached hydrogen (secondary N) is 2. The predicted molar refractivity (Wildman–Crippen MR) is 105 cm³/mol. The molecule has 0 aliphatic rings. The molecule has 0 unspecified atom stereocenters. The second-order valence-electron chi connectivity index (χ2n) is 7.07. The molecule has 2 N–H and O–H groups in total. The van der Waals surface area contributed by atoms with Gasteiger partial charge in [0.15, 0.2) is 5.96 Å². The maximum absolute atomic E-state index is 12.1. The Balaban J connectivity index is 1.92. The maximum Gasteiger partial charge on any atom is 0.246 e. The van der Waals surface area contributed by atoms with Crippen LogP contribution >= 0.6 is 11.6 Å². The molecule has 0 spiro atoms. The number of likely N-dealkylation sites (N-methyl/N-ethyl adjacent to an activating group) is 1. The summed E-state index contributed by atoms with van der Waals surface area (Å²) in [6.45, 7) is 6.28. The maximum atomic E-state index is 12.1. The van der Waals surface area contributed by atoms with Crippen LogP contribution in [0.25, 0.3) is 11.4 Å². The molecule has 2 rings (SSSR count). The van der Waals surface area contributed by atoms with E-state index >= 15 is 0 Å². The van der Waals surface area contributed by atoms with Gasteiger partial charge in [0.1, 0.15) is 0 Å². The molecule has 0 aliphatic carbocycles. The molecule has 146 valence electrons. The van der Waals surface area contributed by atoms with Crippen LogP contribution in [-0.2, 0) is 11.3 Å². The number of aliphatic imine (C=N–C) groups is 1. The Morgan fingerprint density at radius 1 is 1.30 bits per heavy atom. The zero-order valence-corrected chi connectivity index (χ0v) is 17.0. The van der Waals surface area contributed by atoms with Gasteiger partial charge in [-0.15, -0.1) is 0 Å². The second-order valence-corrected chi connectivity index (χ2v) is 7.51. The third kappa shape index (κ3) is 6.56. The van der Waals surface area contributed by atoms with E-state index in [9.17, 15) is 4.79 Å². The summed E-state index contributed by atoms with van der Waals surface area (Å²) in [5.41, 5.74) is 0.534. The third-order valence-electron chi connectivity index (χ3n) is 3.44. The molecule has 2 aromatic rings. The SMILES string of the molecule is CN=C(NCc1nc(-c2ccc(Cl)cc2)no1)N(C)CC(=O)NC(C)(C)C. The van der Waals surface area contributed by atoms with E-state index in [1.807, 2.05) is 32.9 Å². The number of hydrogen-bond acceptors (Lipinski definition) is 5. The highest BCUT2D eigenvalue weighted by Crippen LogP contribution is 2.18. The van der Waals surface area contributed by atoms with Crippen LogP contribution < -0.4 is 10.6 Å². The Morgan fingerprint density at radius 3 is 2.56 bits per heavy atom. The first-order valence-corrected chi connectivity index (χ1v) is 8.87. The highest BCUT2D eigenvalue weighted by molar-refractivity contribution is 6.30. The monoisotopic (exact) mass is 392 g/mol. The Labute approximate surface area is 164 Å². The van der Waals surface area contributed by atoms with Crippen molar-refractivity contribution in [2.24, 2.45) is 4.99 Å². The number of amides is 1. The van der Waals surface area contributed by atoms with Gasteiger partial charge in [-0.05, 0) is 45.0 Å². The second kappa shape index (κ2) is 8.85. The quantitative estimate of drug-likeness (QED) is 0.598. The summed E-state index contributed by atoms with van der Waals surface area (Å²) in [4.78, 5) is 22.3. The lowest BCUT2D eigenvalue weighted by Crippen LogP contribution is -2.48. The molecule has 0 aliphatic heterocycles. The Morgan fingerprint density at radius 2 is 1.96 bits per heavy atom. The summed E-state index contributed by atoms with van der Waals surface area (Å²) in [5, 5.41) is 10.6. The minimum atomic E-state index is -0.281. The first kappa shape index (κ1) is 20.7. The van der Waals surface area contributed by atoms with Crippen LogP contribution in [0.3, 0.4) is 0 Å². The molecule has 0 atom stereocenters. The van der Waals surface area contributed by atoms with E-state index in [1.165, 1.54) is 0 Å². The van der Waals surface area contributed by atoms with Crippen LogP contribution in [0, 0.1) is 0 Å². The molecule has 0 bridgehead atoms. The molecule has 0 saturated carbocycles. The van der Waals surface area contributed by atoms with Crippen LogP contribution in [0.4, 0.5) is 0 Å². The average Bonchev–Trinajstić information content (AvgIpc) is 3.03. The minimum absolute atomic E-state index is 0.0873. The normalized spacial score (nSPS) is 12.0. The number of benzene rings is 1. The lowest BCUT2D eigenvalue weighted by molar-refractivity contribution is -0.122. The molecule has 1 heterocycles. The van der Waals surface area contributed by atoms with Crippen molar-refractivity contribution in [1.82, 2.24) is 25.7 Å². The number of guanidine groups is 1. The number of nitrogens with zero attached hydrogens (tertiary/aromatic N) is 4. The van der Waals surface area contributed by atoms with E-state index in [0.717, 1.165) is 5.56 Å². The fourth-order valence-corrected chi connectivity index (χ4v) is 2.46. The van der Waals surface area contributed by atoms with Gasteiger partial charge in [0, 0.05) is 30.2 Å². The molecular formula is C18H25ClN6O2. The molecule has 27 heavy (non-hydrogen) atoms. The zero-order chi connectivity index (χ0) is 20.0. The van der Waals surface area contributed by atoms with Crippen molar-refractivity contribution in [3.8, 4) is 11.4 Å². The number of carbonyl (C=O) groups is 1. The summed E-state index contributed by atoms with van der Waals surface area (Å²) in [6, 6.07) is 7.19. The molecule has 9 heteroatoms. The molecule has 0 saturated heterocycles. The zero-order valence-electron chi connectivity index (χ0n) is 16.2. The van der Waals surface area contributed by atoms with Crippen LogP contribution in [0.5, 0.6) is 0 Å². The number of aromatic nitrogens is 2. The number of rotatable bonds is 5. The molecule has 0 fully saturated rings. The number of hydrogen-bond donors (Lipinski definition) is 2. The van der Waals surface area contributed by atoms with E-state index in [4.69, 9.17) is 16.1 Å². The van der Waals surface area contributed by atoms with Gasteiger partial charge in [0.2, 0.25) is 17.6 Å². The van der Waals surface area contributed by atoms with Gasteiger partial charge in [0.25, 0.3) is 0 Å². The first-order chi connectivity index (χ1) is 12.7. The van der Waals surface area contributed by atoms with E-state index in [0.29, 0.717) is 29.2 Å². The fraction of sp³-hybridized carbons (Fsp3) is 0.444. The summed E-state index contributed by atoms with van der Waals surface area (Å²) in [6.07, 6.45) is 0. The molecule has 1 aromatic heterocycles. The standard InChI is InChI=1S/C18H25ClN6O2/c1-18(2,3)23-14(26)11-25(5)17(20-4)21-10-15-22-16(24-27-15)12-6-8-13(19)9-7-12/h6-9H,10-11H2,1-5H3,(H,20,21)(H,23,26). The van der Waals surface area contributed by atoms with Gasteiger partial charge >= 0.3 is 0 Å². The van der Waals surface area contributed by atoms with Crippen LogP contribution in [0.2, 0.25) is 5.02 Å². The Kier molecular flexibility index (Phi) is 6.79. The van der Waals surface area contributed by atoms with Gasteiger partial charge in [0.05, 0.1) is 13.1 Å². The predicted octanol–water partition coefficient (Wildman–Crippen LogP) is 2.31. The summed E-state index contributed by atoms with van der Waals surface area (Å²) in [5.74, 6) is 1.35. The smallest absolute Gasteiger partial charge is 0.246 e. The van der Waals surface area contributed by atoms with E-state index in [-0.39, 0.29) is 18.0 Å². The van der Waals surface area contributed by atoms with Crippen molar-refractivity contribution in [2.75, 3.05) is 20.6 Å².